The molecule has 0 radical (unpaired) electrons. The van der Waals surface area contributed by atoms with E-state index in [-0.39, 0.29) is 24.3 Å². The number of ether oxygens (including phenoxy) is 3. The molecule has 0 spiro atoms. The topological polar surface area (TPSA) is 80.3 Å². The molecule has 2 unspecified atom stereocenters. The van der Waals surface area contributed by atoms with Crippen molar-refractivity contribution in [2.24, 2.45) is 5.92 Å². The number of nitrogens with one attached hydrogen (secondary N) is 1. The molecule has 8 nitrogen and oxygen atoms in total. The molecule has 0 saturated carbocycles. The van der Waals surface area contributed by atoms with Gasteiger partial charge in [0, 0.05) is 36.8 Å². The highest BCUT2D eigenvalue weighted by Crippen LogP contribution is 2.36. The standard InChI is InChI=1S/C26H31N3O5/c1-32-22-7-3-2-6-20(22)21(28-10-4-5-11-28)16-27-26(31)18-14-25(30)29(17-18)19-8-9-23-24(15-19)34-13-12-33-23/h2-3,6-9,15,18,21H,4-5,10-14,16-17H2,1H3,(H,27,31). The Balaban J connectivity index is 1.26. The molecule has 34 heavy (non-hydrogen) atoms. The lowest BCUT2D eigenvalue weighted by Gasteiger charge is -2.29. The van der Waals surface area contributed by atoms with E-state index in [0.29, 0.717) is 37.8 Å². The molecule has 5 rings (SSSR count). The van der Waals surface area contributed by atoms with Gasteiger partial charge in [-0.05, 0) is 44.1 Å². The van der Waals surface area contributed by atoms with Gasteiger partial charge in [-0.15, -0.1) is 0 Å². The highest BCUT2D eigenvalue weighted by molar-refractivity contribution is 6.00. The summed E-state index contributed by atoms with van der Waals surface area (Å²) in [7, 11) is 1.68. The van der Waals surface area contributed by atoms with Crippen molar-refractivity contribution in [2.45, 2.75) is 25.3 Å². The zero-order valence-corrected chi connectivity index (χ0v) is 19.5. The van der Waals surface area contributed by atoms with Crippen molar-refractivity contribution in [3.8, 4) is 17.2 Å². The highest BCUT2D eigenvalue weighted by Gasteiger charge is 2.36. The minimum Gasteiger partial charge on any atom is -0.496 e. The van der Waals surface area contributed by atoms with Crippen LogP contribution in [0.2, 0.25) is 0 Å². The van der Waals surface area contributed by atoms with Gasteiger partial charge in [-0.25, -0.2) is 0 Å². The largest absolute Gasteiger partial charge is 0.496 e. The van der Waals surface area contributed by atoms with E-state index < -0.39 is 5.92 Å². The van der Waals surface area contributed by atoms with Gasteiger partial charge in [0.25, 0.3) is 0 Å². The first kappa shape index (κ1) is 22.5. The smallest absolute Gasteiger partial charge is 0.227 e. The summed E-state index contributed by atoms with van der Waals surface area (Å²) < 4.78 is 16.8. The molecule has 0 aromatic heterocycles. The molecule has 2 aromatic carbocycles. The second-order valence-corrected chi connectivity index (χ2v) is 8.98. The number of carbonyl (C=O) groups is 2. The van der Waals surface area contributed by atoms with Crippen molar-refractivity contribution in [2.75, 3.05) is 51.4 Å². The SMILES string of the molecule is COc1ccccc1C(CNC(=O)C1CC(=O)N(c2ccc3c(c2)OCCO3)C1)N1CCCC1. The maximum Gasteiger partial charge on any atom is 0.227 e. The molecule has 3 aliphatic heterocycles. The molecule has 3 aliphatic rings. The lowest BCUT2D eigenvalue weighted by atomic mass is 10.0. The molecular formula is C26H31N3O5. The van der Waals surface area contributed by atoms with Gasteiger partial charge in [0.15, 0.2) is 11.5 Å². The van der Waals surface area contributed by atoms with E-state index in [4.69, 9.17) is 14.2 Å². The number of anilines is 1. The van der Waals surface area contributed by atoms with E-state index in [9.17, 15) is 9.59 Å². The molecule has 2 fully saturated rings. The first-order valence-corrected chi connectivity index (χ1v) is 12.0. The summed E-state index contributed by atoms with van der Waals surface area (Å²) in [6, 6.07) is 13.5. The summed E-state index contributed by atoms with van der Waals surface area (Å²) in [6.45, 7) is 3.84. The summed E-state index contributed by atoms with van der Waals surface area (Å²) >= 11 is 0. The maximum atomic E-state index is 13.1. The van der Waals surface area contributed by atoms with Crippen molar-refractivity contribution in [1.82, 2.24) is 10.2 Å². The normalized spacial score (nSPS) is 20.9. The lowest BCUT2D eigenvalue weighted by Crippen LogP contribution is -2.40. The zero-order chi connectivity index (χ0) is 23.5. The van der Waals surface area contributed by atoms with E-state index in [1.165, 1.54) is 0 Å². The van der Waals surface area contributed by atoms with Gasteiger partial charge in [0.05, 0.1) is 19.1 Å². The fourth-order valence-corrected chi connectivity index (χ4v) is 5.11. The monoisotopic (exact) mass is 465 g/mol. The van der Waals surface area contributed by atoms with Gasteiger partial charge in [0.1, 0.15) is 19.0 Å². The Bertz CT molecular complexity index is 1050. The van der Waals surface area contributed by atoms with Crippen LogP contribution in [-0.2, 0) is 9.59 Å². The second kappa shape index (κ2) is 9.93. The number of benzene rings is 2. The van der Waals surface area contributed by atoms with Crippen LogP contribution < -0.4 is 24.4 Å². The summed E-state index contributed by atoms with van der Waals surface area (Å²) in [5, 5.41) is 3.13. The van der Waals surface area contributed by atoms with E-state index >= 15 is 0 Å². The van der Waals surface area contributed by atoms with Crippen LogP contribution >= 0.6 is 0 Å². The quantitative estimate of drug-likeness (QED) is 0.678. The van der Waals surface area contributed by atoms with Crippen LogP contribution in [0.15, 0.2) is 42.5 Å². The molecule has 1 N–H and O–H groups in total. The minimum atomic E-state index is -0.391. The van der Waals surface area contributed by atoms with Crippen LogP contribution in [-0.4, -0.2) is 63.2 Å². The van der Waals surface area contributed by atoms with Crippen LogP contribution in [0.5, 0.6) is 17.2 Å². The third-order valence-electron chi connectivity index (χ3n) is 6.88. The average molecular weight is 466 g/mol. The van der Waals surface area contributed by atoms with Gasteiger partial charge < -0.3 is 24.4 Å². The highest BCUT2D eigenvalue weighted by atomic mass is 16.6. The second-order valence-electron chi connectivity index (χ2n) is 8.98. The number of fused-ring (bicyclic) bond motifs is 1. The summed E-state index contributed by atoms with van der Waals surface area (Å²) in [4.78, 5) is 29.9. The Hall–Kier alpha value is -3.26. The maximum absolute atomic E-state index is 13.1. The van der Waals surface area contributed by atoms with Gasteiger partial charge >= 0.3 is 0 Å². The fraction of sp³-hybridized carbons (Fsp3) is 0.462. The first-order chi connectivity index (χ1) is 16.6. The number of likely N-dealkylation sites (tertiary alicyclic amines) is 1. The third-order valence-corrected chi connectivity index (χ3v) is 6.88. The van der Waals surface area contributed by atoms with Crippen molar-refractivity contribution >= 4 is 17.5 Å². The number of methoxy groups -OCH3 is 1. The molecule has 180 valence electrons. The zero-order valence-electron chi connectivity index (χ0n) is 19.5. The van der Waals surface area contributed by atoms with Crippen molar-refractivity contribution in [3.05, 3.63) is 48.0 Å². The number of para-hydroxylation sites is 1. The molecule has 3 heterocycles. The Morgan fingerprint density at radius 1 is 1.12 bits per heavy atom. The van der Waals surface area contributed by atoms with Gasteiger partial charge in [-0.1, -0.05) is 18.2 Å². The van der Waals surface area contributed by atoms with Crippen LogP contribution in [0.25, 0.3) is 0 Å². The predicted octanol–water partition coefficient (Wildman–Crippen LogP) is 2.77. The van der Waals surface area contributed by atoms with Crippen LogP contribution in [0.1, 0.15) is 30.9 Å². The van der Waals surface area contributed by atoms with Crippen molar-refractivity contribution < 1.29 is 23.8 Å². The minimum absolute atomic E-state index is 0.0357. The predicted molar refractivity (Wildman–Crippen MR) is 127 cm³/mol. The van der Waals surface area contributed by atoms with Crippen molar-refractivity contribution in [1.29, 1.82) is 0 Å². The molecule has 8 heteroatoms. The van der Waals surface area contributed by atoms with Gasteiger partial charge in [-0.3, -0.25) is 14.5 Å². The lowest BCUT2D eigenvalue weighted by molar-refractivity contribution is -0.126. The summed E-state index contributed by atoms with van der Waals surface area (Å²) in [5.41, 5.74) is 1.81. The molecule has 2 saturated heterocycles. The Morgan fingerprint density at radius 2 is 1.88 bits per heavy atom. The van der Waals surface area contributed by atoms with Crippen molar-refractivity contribution in [3.63, 3.8) is 0 Å². The number of hydrogen-bond donors (Lipinski definition) is 1. The number of amides is 2. The molecule has 2 atom stereocenters. The molecule has 0 aliphatic carbocycles. The van der Waals surface area contributed by atoms with Crippen LogP contribution in [0.4, 0.5) is 5.69 Å². The van der Waals surface area contributed by atoms with Gasteiger partial charge in [-0.2, -0.15) is 0 Å². The molecular weight excluding hydrogens is 434 g/mol. The number of rotatable bonds is 7. The Labute approximate surface area is 199 Å². The van der Waals surface area contributed by atoms with E-state index in [0.717, 1.165) is 42.9 Å². The van der Waals surface area contributed by atoms with Crippen LogP contribution in [0, 0.1) is 5.92 Å². The number of nitrogens with zero attached hydrogens (tertiary/aromatic N) is 2. The van der Waals surface area contributed by atoms with Gasteiger partial charge in [0.2, 0.25) is 11.8 Å². The fourth-order valence-electron chi connectivity index (χ4n) is 5.11. The van der Waals surface area contributed by atoms with E-state index in [1.807, 2.05) is 36.4 Å². The van der Waals surface area contributed by atoms with E-state index in [2.05, 4.69) is 16.3 Å². The number of carbonyl (C=O) groups excluding carboxylic acids is 2. The van der Waals surface area contributed by atoms with E-state index in [1.54, 1.807) is 12.0 Å². The first-order valence-electron chi connectivity index (χ1n) is 12.0. The molecule has 2 aromatic rings. The Kier molecular flexibility index (Phi) is 6.58. The number of hydrogen-bond acceptors (Lipinski definition) is 6. The molecule has 2 amide bonds. The third kappa shape index (κ3) is 4.55. The molecule has 0 bridgehead atoms. The summed E-state index contributed by atoms with van der Waals surface area (Å²) in [6.07, 6.45) is 2.51. The van der Waals surface area contributed by atoms with Crippen LogP contribution in [0.3, 0.4) is 0 Å². The average Bonchev–Trinajstić information content (AvgIpc) is 3.54. The Morgan fingerprint density at radius 3 is 2.68 bits per heavy atom. The summed E-state index contributed by atoms with van der Waals surface area (Å²) in [5.74, 6) is 1.60.